The predicted octanol–water partition coefficient (Wildman–Crippen LogP) is 3.19. The third-order valence-electron chi connectivity index (χ3n) is 4.44. The molecule has 0 radical (unpaired) electrons. The molecule has 0 spiro atoms. The van der Waals surface area contributed by atoms with Crippen LogP contribution in [0.2, 0.25) is 5.02 Å². The summed E-state index contributed by atoms with van der Waals surface area (Å²) in [4.78, 5) is 38.1. The van der Waals surface area contributed by atoms with Crippen molar-refractivity contribution < 1.29 is 18.8 Å². The molecule has 0 saturated carbocycles. The first-order chi connectivity index (χ1) is 12.7. The topological polar surface area (TPSA) is 78.5 Å². The zero-order valence-electron chi connectivity index (χ0n) is 14.7. The fourth-order valence-corrected chi connectivity index (χ4v) is 3.23. The number of anilines is 1. The number of amides is 4. The average Bonchev–Trinajstić information content (AvgIpc) is 2.82. The zero-order chi connectivity index (χ0) is 19.8. The Morgan fingerprint density at radius 2 is 1.96 bits per heavy atom. The van der Waals surface area contributed by atoms with Gasteiger partial charge in [0.2, 0.25) is 5.91 Å². The molecule has 1 aliphatic rings. The van der Waals surface area contributed by atoms with E-state index in [1.807, 2.05) is 0 Å². The van der Waals surface area contributed by atoms with Gasteiger partial charge < -0.3 is 10.6 Å². The van der Waals surface area contributed by atoms with Gasteiger partial charge in [-0.05, 0) is 37.6 Å². The van der Waals surface area contributed by atoms with Crippen LogP contribution in [0, 0.1) is 12.7 Å². The Bertz CT molecular complexity index is 950. The molecule has 3 rings (SSSR count). The van der Waals surface area contributed by atoms with Crippen molar-refractivity contribution in [3.05, 3.63) is 64.4 Å². The molecule has 1 heterocycles. The van der Waals surface area contributed by atoms with Gasteiger partial charge in [-0.15, -0.1) is 0 Å². The van der Waals surface area contributed by atoms with Crippen molar-refractivity contribution in [1.29, 1.82) is 0 Å². The van der Waals surface area contributed by atoms with E-state index in [2.05, 4.69) is 10.6 Å². The molecule has 4 amide bonds. The molecule has 0 bridgehead atoms. The molecule has 1 saturated heterocycles. The number of benzene rings is 2. The lowest BCUT2D eigenvalue weighted by Crippen LogP contribution is -2.42. The van der Waals surface area contributed by atoms with E-state index in [0.29, 0.717) is 16.1 Å². The van der Waals surface area contributed by atoms with E-state index in [-0.39, 0.29) is 5.69 Å². The molecule has 1 atom stereocenters. The summed E-state index contributed by atoms with van der Waals surface area (Å²) in [6.07, 6.45) is 0. The fourth-order valence-electron chi connectivity index (χ4n) is 2.90. The van der Waals surface area contributed by atoms with E-state index >= 15 is 0 Å². The van der Waals surface area contributed by atoms with E-state index in [0.717, 1.165) is 4.90 Å². The number of nitrogens with one attached hydrogen (secondary N) is 2. The van der Waals surface area contributed by atoms with Crippen molar-refractivity contribution >= 4 is 35.1 Å². The number of halogens is 2. The molecule has 8 heteroatoms. The highest BCUT2D eigenvalue weighted by Gasteiger charge is 2.50. The van der Waals surface area contributed by atoms with Gasteiger partial charge in [-0.2, -0.15) is 0 Å². The van der Waals surface area contributed by atoms with Gasteiger partial charge in [0.25, 0.3) is 5.91 Å². The molecule has 0 unspecified atom stereocenters. The lowest BCUT2D eigenvalue weighted by atomic mass is 9.92. The Morgan fingerprint density at radius 1 is 1.26 bits per heavy atom. The van der Waals surface area contributed by atoms with Gasteiger partial charge in [-0.3, -0.25) is 14.5 Å². The number of hydrogen-bond donors (Lipinski definition) is 2. The minimum atomic E-state index is -1.37. The highest BCUT2D eigenvalue weighted by Crippen LogP contribution is 2.33. The molecular weight excluding hydrogens is 373 g/mol. The van der Waals surface area contributed by atoms with E-state index in [9.17, 15) is 18.8 Å². The van der Waals surface area contributed by atoms with Crippen LogP contribution >= 0.6 is 11.6 Å². The molecule has 1 fully saturated rings. The first-order valence-corrected chi connectivity index (χ1v) is 8.55. The van der Waals surface area contributed by atoms with Gasteiger partial charge in [0.05, 0.1) is 0 Å². The molecule has 2 aromatic rings. The SMILES string of the molecule is Cc1ccc(NC(=O)CN2C(=O)N[C@@](C)(c3ccccc3Cl)C2=O)cc1F. The van der Waals surface area contributed by atoms with Gasteiger partial charge in [0.15, 0.2) is 0 Å². The van der Waals surface area contributed by atoms with Gasteiger partial charge in [0.1, 0.15) is 17.9 Å². The number of urea groups is 1. The van der Waals surface area contributed by atoms with Gasteiger partial charge >= 0.3 is 6.03 Å². The Morgan fingerprint density at radius 3 is 2.63 bits per heavy atom. The highest BCUT2D eigenvalue weighted by atomic mass is 35.5. The maximum absolute atomic E-state index is 13.6. The number of rotatable bonds is 4. The minimum Gasteiger partial charge on any atom is -0.324 e. The first kappa shape index (κ1) is 18.8. The normalized spacial score (nSPS) is 19.2. The van der Waals surface area contributed by atoms with Crippen molar-refractivity contribution in [1.82, 2.24) is 10.2 Å². The second-order valence-electron chi connectivity index (χ2n) is 6.44. The third-order valence-corrected chi connectivity index (χ3v) is 4.77. The average molecular weight is 390 g/mol. The number of imide groups is 1. The van der Waals surface area contributed by atoms with E-state index in [1.54, 1.807) is 31.2 Å². The van der Waals surface area contributed by atoms with Crippen LogP contribution in [0.1, 0.15) is 18.1 Å². The lowest BCUT2D eigenvalue weighted by molar-refractivity contribution is -0.133. The molecule has 2 aromatic carbocycles. The van der Waals surface area contributed by atoms with Crippen molar-refractivity contribution in [3.63, 3.8) is 0 Å². The number of carbonyl (C=O) groups excluding carboxylic acids is 3. The summed E-state index contributed by atoms with van der Waals surface area (Å²) >= 11 is 6.16. The third kappa shape index (κ3) is 3.50. The number of hydrogen-bond acceptors (Lipinski definition) is 3. The Hall–Kier alpha value is -2.93. The molecule has 27 heavy (non-hydrogen) atoms. The number of nitrogens with zero attached hydrogens (tertiary/aromatic N) is 1. The summed E-state index contributed by atoms with van der Waals surface area (Å²) in [6.45, 7) is 2.63. The summed E-state index contributed by atoms with van der Waals surface area (Å²) in [5.74, 6) is -1.68. The largest absolute Gasteiger partial charge is 0.325 e. The summed E-state index contributed by atoms with van der Waals surface area (Å²) in [7, 11) is 0. The van der Waals surface area contributed by atoms with E-state index in [1.165, 1.54) is 25.1 Å². The quantitative estimate of drug-likeness (QED) is 0.788. The fraction of sp³-hybridized carbons (Fsp3) is 0.211. The molecule has 1 aliphatic heterocycles. The monoisotopic (exact) mass is 389 g/mol. The van der Waals surface area contributed by atoms with Gasteiger partial charge in [0, 0.05) is 16.3 Å². The van der Waals surface area contributed by atoms with E-state index < -0.39 is 35.7 Å². The summed E-state index contributed by atoms with van der Waals surface area (Å²) in [5.41, 5.74) is -0.249. The van der Waals surface area contributed by atoms with Gasteiger partial charge in [-0.1, -0.05) is 35.9 Å². The smallest absolute Gasteiger partial charge is 0.324 e. The first-order valence-electron chi connectivity index (χ1n) is 8.17. The van der Waals surface area contributed by atoms with Crippen LogP contribution in [0.15, 0.2) is 42.5 Å². The Labute approximate surface area is 160 Å². The number of carbonyl (C=O) groups is 3. The molecule has 6 nitrogen and oxygen atoms in total. The van der Waals surface area contributed by atoms with Crippen LogP contribution < -0.4 is 10.6 Å². The van der Waals surface area contributed by atoms with E-state index in [4.69, 9.17) is 11.6 Å². The number of aryl methyl sites for hydroxylation is 1. The highest BCUT2D eigenvalue weighted by molar-refractivity contribution is 6.32. The van der Waals surface area contributed by atoms with Crippen LogP contribution in [0.25, 0.3) is 0 Å². The van der Waals surface area contributed by atoms with Crippen LogP contribution in [0.3, 0.4) is 0 Å². The standard InChI is InChI=1S/C19H17ClFN3O3/c1-11-7-8-12(9-15(11)21)22-16(25)10-24-17(26)19(2,23-18(24)27)13-5-3-4-6-14(13)20/h3-9H,10H2,1-2H3,(H,22,25)(H,23,27)/t19-/m0/s1. The molecule has 0 aromatic heterocycles. The maximum atomic E-state index is 13.6. The van der Waals surface area contributed by atoms with Gasteiger partial charge in [-0.25, -0.2) is 9.18 Å². The van der Waals surface area contributed by atoms with Crippen LogP contribution in [0.5, 0.6) is 0 Å². The summed E-state index contributed by atoms with van der Waals surface area (Å²) < 4.78 is 13.6. The van der Waals surface area contributed by atoms with Crippen LogP contribution in [-0.4, -0.2) is 29.3 Å². The van der Waals surface area contributed by atoms with Crippen molar-refractivity contribution in [2.24, 2.45) is 0 Å². The molecule has 140 valence electrons. The minimum absolute atomic E-state index is 0.240. The Kier molecular flexibility index (Phi) is 4.89. The second-order valence-corrected chi connectivity index (χ2v) is 6.85. The van der Waals surface area contributed by atoms with Crippen LogP contribution in [0.4, 0.5) is 14.9 Å². The second kappa shape index (κ2) is 7.00. The summed E-state index contributed by atoms with van der Waals surface area (Å²) in [5, 5.41) is 5.39. The maximum Gasteiger partial charge on any atom is 0.325 e. The molecule has 2 N–H and O–H groups in total. The predicted molar refractivity (Wildman–Crippen MR) is 98.8 cm³/mol. The van der Waals surface area contributed by atoms with Crippen LogP contribution in [-0.2, 0) is 15.1 Å². The molecular formula is C19H17ClFN3O3. The van der Waals surface area contributed by atoms with Crippen molar-refractivity contribution in [3.8, 4) is 0 Å². The summed E-state index contributed by atoms with van der Waals surface area (Å²) in [6, 6.07) is 10.2. The lowest BCUT2D eigenvalue weighted by Gasteiger charge is -2.23. The molecule has 0 aliphatic carbocycles. The van der Waals surface area contributed by atoms with Crippen molar-refractivity contribution in [2.75, 3.05) is 11.9 Å². The van der Waals surface area contributed by atoms with Crippen molar-refractivity contribution in [2.45, 2.75) is 19.4 Å². The zero-order valence-corrected chi connectivity index (χ0v) is 15.4. The Balaban J connectivity index is 1.76.